The van der Waals surface area contributed by atoms with Gasteiger partial charge in [0.1, 0.15) is 17.0 Å². The number of thiazole rings is 1. The van der Waals surface area contributed by atoms with Crippen molar-refractivity contribution in [3.63, 3.8) is 0 Å². The van der Waals surface area contributed by atoms with E-state index in [9.17, 15) is 4.79 Å². The Morgan fingerprint density at radius 3 is 2.70 bits per heavy atom. The van der Waals surface area contributed by atoms with Crippen LogP contribution in [0.25, 0.3) is 10.2 Å². The Hall–Kier alpha value is -2.68. The highest BCUT2D eigenvalue weighted by molar-refractivity contribution is 7.22. The van der Waals surface area contributed by atoms with Crippen molar-refractivity contribution in [2.75, 3.05) is 58.0 Å². The summed E-state index contributed by atoms with van der Waals surface area (Å²) >= 11 is 1.54. The van der Waals surface area contributed by atoms with Crippen molar-refractivity contribution in [1.29, 1.82) is 0 Å². The number of rotatable bonds is 10. The molecule has 33 heavy (non-hydrogen) atoms. The number of ether oxygens (including phenoxy) is 3. The second kappa shape index (κ2) is 11.4. The molecule has 0 spiro atoms. The predicted molar refractivity (Wildman–Crippen MR) is 132 cm³/mol. The van der Waals surface area contributed by atoms with E-state index in [4.69, 9.17) is 19.2 Å². The van der Waals surface area contributed by atoms with Crippen LogP contribution in [0.5, 0.6) is 11.5 Å². The van der Waals surface area contributed by atoms with Gasteiger partial charge in [0.15, 0.2) is 5.13 Å². The van der Waals surface area contributed by atoms with Crippen LogP contribution < -0.4 is 14.4 Å². The minimum absolute atomic E-state index is 0.0409. The Morgan fingerprint density at radius 1 is 1.18 bits per heavy atom. The van der Waals surface area contributed by atoms with Gasteiger partial charge in [-0.1, -0.05) is 29.5 Å². The van der Waals surface area contributed by atoms with Gasteiger partial charge in [-0.25, -0.2) is 4.98 Å². The fraction of sp³-hybridized carbons (Fsp3) is 0.440. The maximum atomic E-state index is 13.4. The molecule has 0 aliphatic carbocycles. The van der Waals surface area contributed by atoms with Crippen LogP contribution in [0, 0.1) is 0 Å². The molecule has 176 valence electrons. The van der Waals surface area contributed by atoms with Crippen LogP contribution in [-0.2, 0) is 16.0 Å². The second-order valence-corrected chi connectivity index (χ2v) is 8.92. The summed E-state index contributed by atoms with van der Waals surface area (Å²) in [5.74, 6) is 1.58. The standard InChI is InChI=1S/C25H31N3O4S/c1-3-32-21-6-4-7-22-24(21)26-25(33-22)28(13-5-12-27-14-16-31-17-15-27)23(29)18-19-8-10-20(30-2)11-9-19/h4,6-11H,3,5,12-18H2,1-2H3. The molecule has 1 amide bonds. The van der Waals surface area contributed by atoms with Crippen LogP contribution in [-0.4, -0.2) is 68.9 Å². The average molecular weight is 470 g/mol. The Kier molecular flexibility index (Phi) is 8.15. The lowest BCUT2D eigenvalue weighted by molar-refractivity contribution is -0.118. The number of fused-ring (bicyclic) bond motifs is 1. The van der Waals surface area contributed by atoms with E-state index in [1.807, 2.05) is 54.3 Å². The van der Waals surface area contributed by atoms with Gasteiger partial charge in [-0.05, 0) is 43.2 Å². The number of carbonyl (C=O) groups excluding carboxylic acids is 1. The lowest BCUT2D eigenvalue weighted by Gasteiger charge is -2.27. The summed E-state index contributed by atoms with van der Waals surface area (Å²) in [6.45, 7) is 7.53. The molecule has 4 rings (SSSR count). The zero-order valence-electron chi connectivity index (χ0n) is 19.3. The Morgan fingerprint density at radius 2 is 1.97 bits per heavy atom. The maximum Gasteiger partial charge on any atom is 0.233 e. The van der Waals surface area contributed by atoms with E-state index in [2.05, 4.69) is 4.90 Å². The van der Waals surface area contributed by atoms with Crippen molar-refractivity contribution in [3.8, 4) is 11.5 Å². The number of para-hydroxylation sites is 1. The van der Waals surface area contributed by atoms with Gasteiger partial charge in [-0.3, -0.25) is 14.6 Å². The molecule has 1 aromatic heterocycles. The van der Waals surface area contributed by atoms with Gasteiger partial charge >= 0.3 is 0 Å². The second-order valence-electron chi connectivity index (χ2n) is 7.91. The van der Waals surface area contributed by atoms with Gasteiger partial charge < -0.3 is 14.2 Å². The van der Waals surface area contributed by atoms with Crippen LogP contribution in [0.3, 0.4) is 0 Å². The monoisotopic (exact) mass is 469 g/mol. The molecule has 1 saturated heterocycles. The van der Waals surface area contributed by atoms with Crippen molar-refractivity contribution in [2.45, 2.75) is 19.8 Å². The zero-order chi connectivity index (χ0) is 23.0. The number of carbonyl (C=O) groups is 1. The molecular formula is C25H31N3O4S. The molecule has 2 aromatic carbocycles. The molecule has 8 heteroatoms. The quantitative estimate of drug-likeness (QED) is 0.447. The molecule has 1 aliphatic rings. The number of methoxy groups -OCH3 is 1. The number of anilines is 1. The molecule has 0 bridgehead atoms. The molecule has 0 unspecified atom stereocenters. The summed E-state index contributed by atoms with van der Waals surface area (Å²) in [4.78, 5) is 22.5. The van der Waals surface area contributed by atoms with E-state index in [1.54, 1.807) is 7.11 Å². The SMILES string of the molecule is CCOc1cccc2sc(N(CCCN3CCOCC3)C(=O)Cc3ccc(OC)cc3)nc12. The largest absolute Gasteiger partial charge is 0.497 e. The minimum Gasteiger partial charge on any atom is -0.497 e. The molecule has 7 nitrogen and oxygen atoms in total. The minimum atomic E-state index is 0.0409. The topological polar surface area (TPSA) is 64.1 Å². The van der Waals surface area contributed by atoms with Gasteiger partial charge in [0.25, 0.3) is 0 Å². The highest BCUT2D eigenvalue weighted by Crippen LogP contribution is 2.34. The van der Waals surface area contributed by atoms with Gasteiger partial charge in [0.2, 0.25) is 5.91 Å². The predicted octanol–water partition coefficient (Wildman–Crippen LogP) is 4.00. The molecule has 0 saturated carbocycles. The van der Waals surface area contributed by atoms with E-state index < -0.39 is 0 Å². The highest BCUT2D eigenvalue weighted by Gasteiger charge is 2.22. The van der Waals surface area contributed by atoms with Gasteiger partial charge in [-0.2, -0.15) is 0 Å². The first-order valence-corrected chi connectivity index (χ1v) is 12.3. The van der Waals surface area contributed by atoms with Crippen molar-refractivity contribution in [1.82, 2.24) is 9.88 Å². The maximum absolute atomic E-state index is 13.4. The molecule has 1 aliphatic heterocycles. The Bertz CT molecular complexity index is 1050. The molecular weight excluding hydrogens is 438 g/mol. The normalized spacial score (nSPS) is 14.4. The van der Waals surface area contributed by atoms with Crippen LogP contribution in [0.1, 0.15) is 18.9 Å². The number of nitrogens with zero attached hydrogens (tertiary/aromatic N) is 3. The van der Waals surface area contributed by atoms with Crippen LogP contribution in [0.4, 0.5) is 5.13 Å². The van der Waals surface area contributed by atoms with Crippen molar-refractivity contribution < 1.29 is 19.0 Å². The van der Waals surface area contributed by atoms with Crippen molar-refractivity contribution in [3.05, 3.63) is 48.0 Å². The van der Waals surface area contributed by atoms with E-state index in [0.29, 0.717) is 19.6 Å². The first-order valence-electron chi connectivity index (χ1n) is 11.4. The summed E-state index contributed by atoms with van der Waals surface area (Å²) in [7, 11) is 1.64. The van der Waals surface area contributed by atoms with E-state index in [1.165, 1.54) is 11.3 Å². The number of aromatic nitrogens is 1. The molecule has 0 N–H and O–H groups in total. The van der Waals surface area contributed by atoms with Crippen LogP contribution in [0.2, 0.25) is 0 Å². The summed E-state index contributed by atoms with van der Waals surface area (Å²) < 4.78 is 17.5. The number of amides is 1. The lowest BCUT2D eigenvalue weighted by atomic mass is 10.1. The number of morpholine rings is 1. The van der Waals surface area contributed by atoms with Gasteiger partial charge in [0, 0.05) is 26.2 Å². The smallest absolute Gasteiger partial charge is 0.233 e. The first kappa shape index (κ1) is 23.5. The number of benzene rings is 2. The third kappa shape index (κ3) is 6.01. The fourth-order valence-corrected chi connectivity index (χ4v) is 4.94. The van der Waals surface area contributed by atoms with E-state index in [0.717, 1.165) is 71.7 Å². The zero-order valence-corrected chi connectivity index (χ0v) is 20.1. The Balaban J connectivity index is 1.53. The molecule has 0 radical (unpaired) electrons. The Labute approximate surface area is 198 Å². The third-order valence-corrected chi connectivity index (χ3v) is 6.72. The van der Waals surface area contributed by atoms with Gasteiger partial charge in [-0.15, -0.1) is 0 Å². The first-order chi connectivity index (χ1) is 16.2. The number of hydrogen-bond donors (Lipinski definition) is 0. The summed E-state index contributed by atoms with van der Waals surface area (Å²) in [5.41, 5.74) is 1.77. The van der Waals surface area contributed by atoms with Crippen LogP contribution >= 0.6 is 11.3 Å². The van der Waals surface area contributed by atoms with Gasteiger partial charge in [0.05, 0.1) is 38.1 Å². The van der Waals surface area contributed by atoms with E-state index in [-0.39, 0.29) is 5.91 Å². The average Bonchev–Trinajstić information content (AvgIpc) is 3.28. The lowest BCUT2D eigenvalue weighted by Crippen LogP contribution is -2.39. The highest BCUT2D eigenvalue weighted by atomic mass is 32.1. The van der Waals surface area contributed by atoms with Crippen LogP contribution in [0.15, 0.2) is 42.5 Å². The summed E-state index contributed by atoms with van der Waals surface area (Å²) in [6, 6.07) is 13.6. The number of hydrogen-bond acceptors (Lipinski definition) is 7. The van der Waals surface area contributed by atoms with Crippen molar-refractivity contribution >= 4 is 32.6 Å². The van der Waals surface area contributed by atoms with E-state index >= 15 is 0 Å². The summed E-state index contributed by atoms with van der Waals surface area (Å²) in [5, 5.41) is 0.720. The summed E-state index contributed by atoms with van der Waals surface area (Å²) in [6.07, 6.45) is 1.19. The third-order valence-electron chi connectivity index (χ3n) is 5.68. The fourth-order valence-electron chi connectivity index (χ4n) is 3.92. The molecule has 2 heterocycles. The molecule has 3 aromatic rings. The molecule has 0 atom stereocenters. The molecule has 1 fully saturated rings. The van der Waals surface area contributed by atoms with Crippen molar-refractivity contribution in [2.24, 2.45) is 0 Å².